The summed E-state index contributed by atoms with van der Waals surface area (Å²) in [5.74, 6) is 0.473. The van der Waals surface area contributed by atoms with Gasteiger partial charge >= 0.3 is 6.03 Å². The number of benzene rings is 3. The van der Waals surface area contributed by atoms with E-state index in [1.165, 1.54) is 0 Å². The number of rotatable bonds is 11. The van der Waals surface area contributed by atoms with Crippen molar-refractivity contribution < 1.29 is 19.1 Å². The first-order valence-corrected chi connectivity index (χ1v) is 11.7. The summed E-state index contributed by atoms with van der Waals surface area (Å²) in [6, 6.07) is 19.6. The van der Waals surface area contributed by atoms with E-state index in [-0.39, 0.29) is 5.91 Å². The van der Waals surface area contributed by atoms with Gasteiger partial charge in [-0.25, -0.2) is 4.79 Å². The van der Waals surface area contributed by atoms with Gasteiger partial charge in [0.05, 0.1) is 0 Å². The molecule has 36 heavy (non-hydrogen) atoms. The Morgan fingerprint density at radius 1 is 0.750 bits per heavy atom. The van der Waals surface area contributed by atoms with Crippen molar-refractivity contribution in [1.29, 1.82) is 0 Å². The zero-order valence-corrected chi connectivity index (χ0v) is 20.4. The number of nitrogens with two attached hydrogens (primary N) is 1. The van der Waals surface area contributed by atoms with Crippen molar-refractivity contribution in [2.24, 2.45) is 5.73 Å². The maximum Gasteiger partial charge on any atom is 0.323 e. The highest BCUT2D eigenvalue weighted by Gasteiger charge is 2.08. The number of carbonyl (C=O) groups is 3. The average molecular weight is 490 g/mol. The van der Waals surface area contributed by atoms with Crippen LogP contribution >= 0.6 is 0 Å². The number of urea groups is 1. The third-order valence-corrected chi connectivity index (χ3v) is 5.50. The SMILES string of the molecule is CCN(CC)CCNC(=O)c1ccc(NC(=O)Nc2ccc(Oc3ccc(C(N)=O)cc3)cc2)cc1. The molecule has 0 aromatic heterocycles. The smallest absolute Gasteiger partial charge is 0.323 e. The van der Waals surface area contributed by atoms with Gasteiger partial charge in [0, 0.05) is 35.6 Å². The number of hydrogen-bond acceptors (Lipinski definition) is 5. The van der Waals surface area contributed by atoms with Crippen molar-refractivity contribution in [2.45, 2.75) is 13.8 Å². The van der Waals surface area contributed by atoms with Gasteiger partial charge in [-0.2, -0.15) is 0 Å². The summed E-state index contributed by atoms with van der Waals surface area (Å²) in [4.78, 5) is 38.0. The number of anilines is 2. The third kappa shape index (κ3) is 7.85. The van der Waals surface area contributed by atoms with E-state index in [0.717, 1.165) is 19.6 Å². The van der Waals surface area contributed by atoms with Crippen LogP contribution in [0.2, 0.25) is 0 Å². The lowest BCUT2D eigenvalue weighted by atomic mass is 10.2. The number of carbonyl (C=O) groups excluding carboxylic acids is 3. The Morgan fingerprint density at radius 3 is 1.72 bits per heavy atom. The molecule has 0 saturated heterocycles. The Kier molecular flexibility index (Phi) is 9.41. The molecule has 0 radical (unpaired) electrons. The quantitative estimate of drug-likeness (QED) is 0.320. The van der Waals surface area contributed by atoms with Gasteiger partial charge in [0.25, 0.3) is 5.91 Å². The predicted octanol–water partition coefficient (Wildman–Crippen LogP) is 4.29. The van der Waals surface area contributed by atoms with E-state index in [9.17, 15) is 14.4 Å². The molecule has 0 saturated carbocycles. The summed E-state index contributed by atoms with van der Waals surface area (Å²) in [5, 5.41) is 8.40. The van der Waals surface area contributed by atoms with Crippen molar-refractivity contribution >= 4 is 29.2 Å². The highest BCUT2D eigenvalue weighted by molar-refractivity contribution is 6.00. The Balaban J connectivity index is 1.46. The van der Waals surface area contributed by atoms with Crippen molar-refractivity contribution in [3.05, 3.63) is 83.9 Å². The molecule has 9 heteroatoms. The summed E-state index contributed by atoms with van der Waals surface area (Å²) in [6.45, 7) is 7.45. The summed E-state index contributed by atoms with van der Waals surface area (Å²) >= 11 is 0. The molecule has 3 rings (SSSR count). The lowest BCUT2D eigenvalue weighted by Crippen LogP contribution is -2.34. The molecule has 4 amide bonds. The minimum atomic E-state index is -0.502. The largest absolute Gasteiger partial charge is 0.457 e. The maximum absolute atomic E-state index is 12.4. The molecule has 3 aromatic rings. The minimum Gasteiger partial charge on any atom is -0.457 e. The third-order valence-electron chi connectivity index (χ3n) is 5.50. The number of nitrogens with one attached hydrogen (secondary N) is 3. The van der Waals surface area contributed by atoms with Gasteiger partial charge in [0.1, 0.15) is 11.5 Å². The second-order valence-electron chi connectivity index (χ2n) is 7.95. The first kappa shape index (κ1) is 26.2. The van der Waals surface area contributed by atoms with Crippen molar-refractivity contribution in [3.63, 3.8) is 0 Å². The number of likely N-dealkylation sites (N-methyl/N-ethyl adjacent to an activating group) is 1. The Morgan fingerprint density at radius 2 is 1.22 bits per heavy atom. The van der Waals surface area contributed by atoms with Crippen LogP contribution in [0.4, 0.5) is 16.2 Å². The van der Waals surface area contributed by atoms with Gasteiger partial charge in [0.15, 0.2) is 0 Å². The van der Waals surface area contributed by atoms with E-state index >= 15 is 0 Å². The molecule has 0 spiro atoms. The van der Waals surface area contributed by atoms with Crippen LogP contribution in [0.25, 0.3) is 0 Å². The fourth-order valence-electron chi connectivity index (χ4n) is 3.40. The molecule has 188 valence electrons. The first-order valence-electron chi connectivity index (χ1n) is 11.7. The van der Waals surface area contributed by atoms with E-state index in [0.29, 0.717) is 40.5 Å². The van der Waals surface area contributed by atoms with Crippen LogP contribution in [-0.2, 0) is 0 Å². The Hall–Kier alpha value is -4.37. The monoisotopic (exact) mass is 489 g/mol. The summed E-state index contributed by atoms with van der Waals surface area (Å²) in [5.41, 5.74) is 7.30. The summed E-state index contributed by atoms with van der Waals surface area (Å²) in [7, 11) is 0. The molecule has 3 aromatic carbocycles. The van der Waals surface area contributed by atoms with Crippen LogP contribution in [0, 0.1) is 0 Å². The van der Waals surface area contributed by atoms with Crippen LogP contribution in [0.15, 0.2) is 72.8 Å². The molecule has 9 nitrogen and oxygen atoms in total. The van der Waals surface area contributed by atoms with Crippen LogP contribution in [0.1, 0.15) is 34.6 Å². The topological polar surface area (TPSA) is 126 Å². The van der Waals surface area contributed by atoms with Crippen LogP contribution in [0.5, 0.6) is 11.5 Å². The van der Waals surface area contributed by atoms with Gasteiger partial charge in [-0.05, 0) is 85.9 Å². The molecular weight excluding hydrogens is 458 g/mol. The zero-order chi connectivity index (χ0) is 25.9. The minimum absolute atomic E-state index is 0.149. The molecule has 0 aliphatic heterocycles. The molecule has 0 bridgehead atoms. The van der Waals surface area contributed by atoms with Gasteiger partial charge in [-0.3, -0.25) is 9.59 Å². The number of primary amides is 1. The lowest BCUT2D eigenvalue weighted by Gasteiger charge is -2.18. The molecule has 0 atom stereocenters. The van der Waals surface area contributed by atoms with E-state index in [2.05, 4.69) is 34.7 Å². The van der Waals surface area contributed by atoms with Gasteiger partial charge in [-0.1, -0.05) is 13.8 Å². The van der Waals surface area contributed by atoms with Gasteiger partial charge in [-0.15, -0.1) is 0 Å². The summed E-state index contributed by atoms with van der Waals surface area (Å²) in [6.07, 6.45) is 0. The van der Waals surface area contributed by atoms with Crippen molar-refractivity contribution in [1.82, 2.24) is 10.2 Å². The second kappa shape index (κ2) is 12.9. The van der Waals surface area contributed by atoms with E-state index in [1.807, 2.05) is 0 Å². The van der Waals surface area contributed by atoms with Gasteiger partial charge in [0.2, 0.25) is 5.91 Å². The summed E-state index contributed by atoms with van der Waals surface area (Å²) < 4.78 is 5.73. The fraction of sp³-hybridized carbons (Fsp3) is 0.222. The zero-order valence-electron chi connectivity index (χ0n) is 20.4. The highest BCUT2D eigenvalue weighted by Crippen LogP contribution is 2.23. The van der Waals surface area contributed by atoms with Crippen molar-refractivity contribution in [2.75, 3.05) is 36.8 Å². The average Bonchev–Trinajstić information content (AvgIpc) is 2.88. The van der Waals surface area contributed by atoms with E-state index in [4.69, 9.17) is 10.5 Å². The standard InChI is InChI=1S/C27H31N5O4/c1-3-32(4-2)18-17-29-26(34)20-5-9-21(10-6-20)30-27(35)31-22-11-15-24(16-12-22)36-23-13-7-19(8-14-23)25(28)33/h5-16H,3-4,17-18H2,1-2H3,(H2,28,33)(H,29,34)(H2,30,31,35). The molecule has 0 aliphatic carbocycles. The highest BCUT2D eigenvalue weighted by atomic mass is 16.5. The normalized spacial score (nSPS) is 10.5. The maximum atomic E-state index is 12.4. The molecule has 0 unspecified atom stereocenters. The first-order chi connectivity index (χ1) is 17.4. The molecular formula is C27H31N5O4. The molecule has 5 N–H and O–H groups in total. The van der Waals surface area contributed by atoms with E-state index < -0.39 is 11.9 Å². The Labute approximate surface area is 210 Å². The molecule has 0 heterocycles. The van der Waals surface area contributed by atoms with Gasteiger partial charge < -0.3 is 31.3 Å². The number of ether oxygens (including phenoxy) is 1. The van der Waals surface area contributed by atoms with Crippen LogP contribution in [0.3, 0.4) is 0 Å². The van der Waals surface area contributed by atoms with Crippen LogP contribution in [-0.4, -0.2) is 48.9 Å². The van der Waals surface area contributed by atoms with Crippen LogP contribution < -0.4 is 26.4 Å². The number of nitrogens with zero attached hydrogens (tertiary/aromatic N) is 1. The fourth-order valence-corrected chi connectivity index (χ4v) is 3.40. The molecule has 0 fully saturated rings. The van der Waals surface area contributed by atoms with E-state index in [1.54, 1.807) is 72.8 Å². The molecule has 0 aliphatic rings. The predicted molar refractivity (Wildman–Crippen MR) is 141 cm³/mol. The second-order valence-corrected chi connectivity index (χ2v) is 7.95. The lowest BCUT2D eigenvalue weighted by molar-refractivity contribution is 0.0947. The number of amides is 4. The van der Waals surface area contributed by atoms with Crippen molar-refractivity contribution in [3.8, 4) is 11.5 Å². The number of hydrogen-bond donors (Lipinski definition) is 4. The Bertz CT molecular complexity index is 1160.